The van der Waals surface area contributed by atoms with Gasteiger partial charge in [-0.25, -0.2) is 14.1 Å². The predicted molar refractivity (Wildman–Crippen MR) is 112 cm³/mol. The summed E-state index contributed by atoms with van der Waals surface area (Å²) in [6.07, 6.45) is 0. The fourth-order valence-corrected chi connectivity index (χ4v) is 3.49. The molecule has 4 rings (SSSR count). The number of hydrogen-bond donors (Lipinski definition) is 1. The molecule has 2 aromatic carbocycles. The lowest BCUT2D eigenvalue weighted by Crippen LogP contribution is -2.14. The summed E-state index contributed by atoms with van der Waals surface area (Å²) in [5, 5.41) is 8.63. The molecule has 0 saturated carbocycles. The summed E-state index contributed by atoms with van der Waals surface area (Å²) >= 11 is 6.17. The van der Waals surface area contributed by atoms with Crippen molar-refractivity contribution in [1.82, 2.24) is 14.8 Å². The number of aryl methyl sites for hydroxylation is 2. The van der Waals surface area contributed by atoms with E-state index in [0.717, 1.165) is 5.56 Å². The van der Waals surface area contributed by atoms with Crippen molar-refractivity contribution in [3.8, 4) is 5.69 Å². The van der Waals surface area contributed by atoms with Crippen LogP contribution >= 0.6 is 11.6 Å². The van der Waals surface area contributed by atoms with Crippen LogP contribution in [0.5, 0.6) is 0 Å². The quantitative estimate of drug-likeness (QED) is 0.494. The van der Waals surface area contributed by atoms with Gasteiger partial charge >= 0.3 is 0 Å². The minimum absolute atomic E-state index is 0.284. The number of fused-ring (bicyclic) bond motifs is 1. The van der Waals surface area contributed by atoms with E-state index in [-0.39, 0.29) is 11.7 Å². The van der Waals surface area contributed by atoms with Crippen LogP contribution in [0.1, 0.15) is 27.3 Å². The standard InChI is InChI=1S/C22H18ClFN4O/c1-12-10-17(22(29)26-19-9-5-8-18(23)13(19)2)20-14(3)27-28(21(20)25-12)16-7-4-6-15(24)11-16/h4-11H,1-3H3,(H,26,29). The normalized spacial score (nSPS) is 11.1. The average molecular weight is 409 g/mol. The Morgan fingerprint density at radius 3 is 2.62 bits per heavy atom. The van der Waals surface area contributed by atoms with Crippen molar-refractivity contribution < 1.29 is 9.18 Å². The van der Waals surface area contributed by atoms with Crippen LogP contribution in [0.3, 0.4) is 0 Å². The SMILES string of the molecule is Cc1cc(C(=O)Nc2cccc(Cl)c2C)c2c(C)nn(-c3cccc(F)c3)c2n1. The summed E-state index contributed by atoms with van der Waals surface area (Å²) in [7, 11) is 0. The molecule has 0 aliphatic carbocycles. The molecule has 0 bridgehead atoms. The Morgan fingerprint density at radius 1 is 1.10 bits per heavy atom. The van der Waals surface area contributed by atoms with E-state index in [1.54, 1.807) is 54.9 Å². The van der Waals surface area contributed by atoms with E-state index in [0.29, 0.717) is 44.4 Å². The zero-order valence-electron chi connectivity index (χ0n) is 16.1. The second-order valence-corrected chi connectivity index (χ2v) is 7.26. The van der Waals surface area contributed by atoms with Crippen molar-refractivity contribution in [3.63, 3.8) is 0 Å². The van der Waals surface area contributed by atoms with Gasteiger partial charge in [0.1, 0.15) is 5.82 Å². The molecule has 2 aromatic heterocycles. The van der Waals surface area contributed by atoms with Crippen molar-refractivity contribution in [3.05, 3.63) is 81.9 Å². The Morgan fingerprint density at radius 2 is 1.86 bits per heavy atom. The van der Waals surface area contributed by atoms with Crippen LogP contribution in [0.2, 0.25) is 5.02 Å². The summed E-state index contributed by atoms with van der Waals surface area (Å²) in [6.45, 7) is 5.45. The van der Waals surface area contributed by atoms with Crippen LogP contribution in [-0.2, 0) is 0 Å². The van der Waals surface area contributed by atoms with Crippen LogP contribution in [0.25, 0.3) is 16.7 Å². The highest BCUT2D eigenvalue weighted by Gasteiger charge is 2.20. The highest BCUT2D eigenvalue weighted by molar-refractivity contribution is 6.31. The van der Waals surface area contributed by atoms with Crippen LogP contribution in [-0.4, -0.2) is 20.7 Å². The first-order valence-corrected chi connectivity index (χ1v) is 9.42. The van der Waals surface area contributed by atoms with Gasteiger partial charge in [-0.05, 0) is 62.7 Å². The monoisotopic (exact) mass is 408 g/mol. The highest BCUT2D eigenvalue weighted by Crippen LogP contribution is 2.27. The molecule has 0 saturated heterocycles. The number of hydrogen-bond acceptors (Lipinski definition) is 3. The van der Waals surface area contributed by atoms with Gasteiger partial charge in [0.2, 0.25) is 0 Å². The van der Waals surface area contributed by atoms with Gasteiger partial charge < -0.3 is 5.32 Å². The third-order valence-electron chi connectivity index (χ3n) is 4.75. The van der Waals surface area contributed by atoms with Crippen molar-refractivity contribution in [2.24, 2.45) is 0 Å². The first kappa shape index (κ1) is 19.1. The lowest BCUT2D eigenvalue weighted by molar-refractivity contribution is 0.102. The Kier molecular flexibility index (Phi) is 4.80. The minimum Gasteiger partial charge on any atom is -0.322 e. The Bertz CT molecular complexity index is 1270. The van der Waals surface area contributed by atoms with Gasteiger partial charge in [-0.2, -0.15) is 5.10 Å². The Balaban J connectivity index is 1.85. The molecule has 1 N–H and O–H groups in total. The van der Waals surface area contributed by atoms with E-state index in [1.165, 1.54) is 12.1 Å². The topological polar surface area (TPSA) is 59.8 Å². The summed E-state index contributed by atoms with van der Waals surface area (Å²) < 4.78 is 15.3. The molecule has 0 unspecified atom stereocenters. The fourth-order valence-electron chi connectivity index (χ4n) is 3.31. The Labute approximate surface area is 172 Å². The third-order valence-corrected chi connectivity index (χ3v) is 5.16. The number of carbonyl (C=O) groups is 1. The summed E-state index contributed by atoms with van der Waals surface area (Å²) in [5.74, 6) is -0.654. The van der Waals surface area contributed by atoms with Crippen molar-refractivity contribution in [1.29, 1.82) is 0 Å². The maximum Gasteiger partial charge on any atom is 0.256 e. The zero-order valence-corrected chi connectivity index (χ0v) is 16.9. The molecule has 0 spiro atoms. The lowest BCUT2D eigenvalue weighted by Gasteiger charge is -2.11. The van der Waals surface area contributed by atoms with Gasteiger partial charge in [0.05, 0.1) is 22.3 Å². The number of aromatic nitrogens is 3. The van der Waals surface area contributed by atoms with Crippen LogP contribution in [0.4, 0.5) is 10.1 Å². The molecule has 0 atom stereocenters. The second-order valence-electron chi connectivity index (χ2n) is 6.85. The maximum atomic E-state index is 13.7. The van der Waals surface area contributed by atoms with E-state index in [2.05, 4.69) is 15.4 Å². The number of amides is 1. The van der Waals surface area contributed by atoms with Gasteiger partial charge in [0, 0.05) is 16.4 Å². The Hall–Kier alpha value is -3.25. The number of rotatable bonds is 3. The minimum atomic E-state index is -0.370. The van der Waals surface area contributed by atoms with E-state index in [4.69, 9.17) is 11.6 Å². The van der Waals surface area contributed by atoms with E-state index in [9.17, 15) is 9.18 Å². The zero-order chi connectivity index (χ0) is 20.7. The van der Waals surface area contributed by atoms with E-state index < -0.39 is 0 Å². The molecule has 0 fully saturated rings. The van der Waals surface area contributed by atoms with Gasteiger partial charge in [-0.3, -0.25) is 4.79 Å². The number of carbonyl (C=O) groups excluding carboxylic acids is 1. The van der Waals surface area contributed by atoms with E-state index in [1.807, 2.05) is 6.92 Å². The van der Waals surface area contributed by atoms with E-state index >= 15 is 0 Å². The molecular formula is C22H18ClFN4O. The van der Waals surface area contributed by atoms with Gasteiger partial charge in [-0.1, -0.05) is 23.7 Å². The van der Waals surface area contributed by atoms with Crippen molar-refractivity contribution in [2.75, 3.05) is 5.32 Å². The number of benzene rings is 2. The summed E-state index contributed by atoms with van der Waals surface area (Å²) in [4.78, 5) is 17.7. The molecule has 0 aliphatic heterocycles. The first-order valence-electron chi connectivity index (χ1n) is 9.04. The van der Waals surface area contributed by atoms with Crippen LogP contribution < -0.4 is 5.32 Å². The van der Waals surface area contributed by atoms with Gasteiger partial charge in [0.15, 0.2) is 5.65 Å². The molecule has 4 aromatic rings. The number of anilines is 1. The summed E-state index contributed by atoms with van der Waals surface area (Å²) in [6, 6.07) is 13.2. The molecule has 2 heterocycles. The molecule has 0 aliphatic rings. The largest absolute Gasteiger partial charge is 0.322 e. The number of halogens is 2. The smallest absolute Gasteiger partial charge is 0.256 e. The second kappa shape index (κ2) is 7.29. The lowest BCUT2D eigenvalue weighted by atomic mass is 10.1. The van der Waals surface area contributed by atoms with Crippen LogP contribution in [0.15, 0.2) is 48.5 Å². The van der Waals surface area contributed by atoms with Crippen molar-refractivity contribution >= 4 is 34.2 Å². The fraction of sp³-hybridized carbons (Fsp3) is 0.136. The maximum absolute atomic E-state index is 13.7. The molecule has 1 amide bonds. The average Bonchev–Trinajstić information content (AvgIpc) is 3.01. The molecule has 5 nitrogen and oxygen atoms in total. The molecule has 29 heavy (non-hydrogen) atoms. The number of nitrogens with one attached hydrogen (secondary N) is 1. The highest BCUT2D eigenvalue weighted by atomic mass is 35.5. The van der Waals surface area contributed by atoms with Gasteiger partial charge in [0.25, 0.3) is 5.91 Å². The third kappa shape index (κ3) is 3.47. The van der Waals surface area contributed by atoms with Crippen molar-refractivity contribution in [2.45, 2.75) is 20.8 Å². The molecule has 0 radical (unpaired) electrons. The molecular weight excluding hydrogens is 391 g/mol. The molecule has 146 valence electrons. The predicted octanol–water partition coefficient (Wildman–Crippen LogP) is 5.39. The number of pyridine rings is 1. The number of nitrogens with zero attached hydrogens (tertiary/aromatic N) is 3. The molecule has 7 heteroatoms. The summed E-state index contributed by atoms with van der Waals surface area (Å²) in [5.41, 5.74) is 4.20. The van der Waals surface area contributed by atoms with Crippen LogP contribution in [0, 0.1) is 26.6 Å². The first-order chi connectivity index (χ1) is 13.8. The van der Waals surface area contributed by atoms with Gasteiger partial charge in [-0.15, -0.1) is 0 Å².